The van der Waals surface area contributed by atoms with Gasteiger partial charge < -0.3 is 21.1 Å². The molecule has 1 aliphatic rings. The number of piperidine rings is 1. The lowest BCUT2D eigenvalue weighted by molar-refractivity contribution is -0.122. The van der Waals surface area contributed by atoms with Crippen LogP contribution in [-0.2, 0) is 4.79 Å². The van der Waals surface area contributed by atoms with E-state index in [1.54, 1.807) is 0 Å². The molecule has 0 radical (unpaired) electrons. The first-order chi connectivity index (χ1) is 9.17. The summed E-state index contributed by atoms with van der Waals surface area (Å²) in [6.07, 6.45) is 2.37. The van der Waals surface area contributed by atoms with Crippen molar-refractivity contribution in [2.75, 3.05) is 24.2 Å². The van der Waals surface area contributed by atoms with Gasteiger partial charge in [-0.25, -0.2) is 0 Å². The zero-order chi connectivity index (χ0) is 13.7. The van der Waals surface area contributed by atoms with Crippen LogP contribution in [0.2, 0.25) is 0 Å². The van der Waals surface area contributed by atoms with Crippen LogP contribution in [-0.4, -0.2) is 25.1 Å². The number of hydrogen-bond acceptors (Lipinski definition) is 4. The molecule has 5 heteroatoms. The van der Waals surface area contributed by atoms with Crippen molar-refractivity contribution in [1.82, 2.24) is 5.32 Å². The number of ether oxygens (including phenoxy) is 1. The maximum absolute atomic E-state index is 11.1. The molecule has 1 saturated heterocycles. The van der Waals surface area contributed by atoms with Crippen LogP contribution in [0, 0.1) is 0 Å². The minimum Gasteiger partial charge on any atom is -0.493 e. The van der Waals surface area contributed by atoms with Gasteiger partial charge in [-0.1, -0.05) is 6.92 Å². The summed E-state index contributed by atoms with van der Waals surface area (Å²) in [7, 11) is 0. The van der Waals surface area contributed by atoms with Crippen molar-refractivity contribution in [2.45, 2.75) is 32.2 Å². The molecule has 5 nitrogen and oxygen atoms in total. The first kappa shape index (κ1) is 13.5. The zero-order valence-electron chi connectivity index (χ0n) is 11.2. The molecular formula is C14H21N3O2. The van der Waals surface area contributed by atoms with E-state index in [0.29, 0.717) is 25.3 Å². The molecule has 0 bridgehead atoms. The minimum absolute atomic E-state index is 0.123. The van der Waals surface area contributed by atoms with Crippen molar-refractivity contribution in [3.63, 3.8) is 0 Å². The first-order valence-corrected chi connectivity index (χ1v) is 6.74. The molecule has 104 valence electrons. The minimum atomic E-state index is 0.123. The Hall–Kier alpha value is -1.91. The van der Waals surface area contributed by atoms with E-state index in [4.69, 9.17) is 10.5 Å². The molecule has 1 fully saturated rings. The van der Waals surface area contributed by atoms with E-state index < -0.39 is 0 Å². The maximum Gasteiger partial charge on any atom is 0.220 e. The van der Waals surface area contributed by atoms with E-state index in [9.17, 15) is 4.79 Å². The molecular weight excluding hydrogens is 242 g/mol. The second-order valence-corrected chi connectivity index (χ2v) is 4.82. The van der Waals surface area contributed by atoms with Crippen LogP contribution in [0.5, 0.6) is 5.75 Å². The van der Waals surface area contributed by atoms with Gasteiger partial charge in [0.15, 0.2) is 0 Å². The predicted octanol–water partition coefficient (Wildman–Crippen LogP) is 1.75. The number of carbonyl (C=O) groups is 1. The number of anilines is 2. The van der Waals surface area contributed by atoms with E-state index in [1.165, 1.54) is 0 Å². The molecule has 1 aromatic carbocycles. The van der Waals surface area contributed by atoms with Crippen LogP contribution < -0.4 is 21.1 Å². The van der Waals surface area contributed by atoms with Gasteiger partial charge >= 0.3 is 0 Å². The van der Waals surface area contributed by atoms with Gasteiger partial charge in [0.2, 0.25) is 5.91 Å². The summed E-state index contributed by atoms with van der Waals surface area (Å²) in [6, 6.07) is 5.90. The fourth-order valence-corrected chi connectivity index (χ4v) is 2.10. The summed E-state index contributed by atoms with van der Waals surface area (Å²) < 4.78 is 5.59. The van der Waals surface area contributed by atoms with Gasteiger partial charge in [0.25, 0.3) is 0 Å². The molecule has 2 rings (SSSR count). The van der Waals surface area contributed by atoms with Crippen LogP contribution >= 0.6 is 0 Å². The standard InChI is InChI=1S/C14H21N3O2/c1-2-5-19-13-7-10(15)6-12(8-13)17-11-3-4-14(18)16-9-11/h6-8,11,17H,2-5,9,15H2,1H3,(H,16,18). The normalized spacial score (nSPS) is 18.8. The molecule has 1 aromatic rings. The smallest absolute Gasteiger partial charge is 0.220 e. The SMILES string of the molecule is CCCOc1cc(N)cc(NC2CCC(=O)NC2)c1. The van der Waals surface area contributed by atoms with Crippen molar-refractivity contribution in [3.8, 4) is 5.75 Å². The lowest BCUT2D eigenvalue weighted by atomic mass is 10.1. The third kappa shape index (κ3) is 4.05. The van der Waals surface area contributed by atoms with Crippen LogP contribution in [0.25, 0.3) is 0 Å². The molecule has 19 heavy (non-hydrogen) atoms. The lowest BCUT2D eigenvalue weighted by Crippen LogP contribution is -2.41. The van der Waals surface area contributed by atoms with Gasteiger partial charge in [0.05, 0.1) is 6.61 Å². The largest absolute Gasteiger partial charge is 0.493 e. The number of nitrogens with one attached hydrogen (secondary N) is 2. The molecule has 1 heterocycles. The van der Waals surface area contributed by atoms with Crippen molar-refractivity contribution in [2.24, 2.45) is 0 Å². The van der Waals surface area contributed by atoms with E-state index in [2.05, 4.69) is 17.6 Å². The molecule has 0 aliphatic carbocycles. The monoisotopic (exact) mass is 263 g/mol. The maximum atomic E-state index is 11.1. The third-order valence-corrected chi connectivity index (χ3v) is 3.04. The highest BCUT2D eigenvalue weighted by molar-refractivity contribution is 5.77. The van der Waals surface area contributed by atoms with Crippen LogP contribution in [0.3, 0.4) is 0 Å². The summed E-state index contributed by atoms with van der Waals surface area (Å²) in [5.41, 5.74) is 7.48. The fourth-order valence-electron chi connectivity index (χ4n) is 2.10. The van der Waals surface area contributed by atoms with Gasteiger partial charge in [0.1, 0.15) is 5.75 Å². The zero-order valence-corrected chi connectivity index (χ0v) is 11.2. The van der Waals surface area contributed by atoms with Crippen molar-refractivity contribution in [1.29, 1.82) is 0 Å². The first-order valence-electron chi connectivity index (χ1n) is 6.74. The Balaban J connectivity index is 1.99. The van der Waals surface area contributed by atoms with Gasteiger partial charge in [-0.15, -0.1) is 0 Å². The molecule has 1 atom stereocenters. The highest BCUT2D eigenvalue weighted by atomic mass is 16.5. The summed E-state index contributed by atoms with van der Waals surface area (Å²) in [6.45, 7) is 3.40. The topological polar surface area (TPSA) is 76.4 Å². The number of carbonyl (C=O) groups excluding carboxylic acids is 1. The van der Waals surface area contributed by atoms with E-state index in [0.717, 1.165) is 24.3 Å². The molecule has 4 N–H and O–H groups in total. The second kappa shape index (κ2) is 6.31. The fraction of sp³-hybridized carbons (Fsp3) is 0.500. The Morgan fingerprint density at radius 1 is 1.47 bits per heavy atom. The molecule has 0 spiro atoms. The Kier molecular flexibility index (Phi) is 4.49. The van der Waals surface area contributed by atoms with Gasteiger partial charge in [-0.3, -0.25) is 4.79 Å². The number of nitrogens with two attached hydrogens (primary N) is 1. The summed E-state index contributed by atoms with van der Waals surface area (Å²) in [4.78, 5) is 11.1. The molecule has 1 unspecified atom stereocenters. The average Bonchev–Trinajstić information content (AvgIpc) is 2.38. The number of benzene rings is 1. The average molecular weight is 263 g/mol. The van der Waals surface area contributed by atoms with Crippen molar-refractivity contribution in [3.05, 3.63) is 18.2 Å². The second-order valence-electron chi connectivity index (χ2n) is 4.82. The van der Waals surface area contributed by atoms with Crippen LogP contribution in [0.15, 0.2) is 18.2 Å². The Bertz CT molecular complexity index is 438. The molecule has 1 amide bonds. The van der Waals surface area contributed by atoms with E-state index in [1.807, 2.05) is 18.2 Å². The number of rotatable bonds is 5. The Morgan fingerprint density at radius 2 is 2.32 bits per heavy atom. The lowest BCUT2D eigenvalue weighted by Gasteiger charge is -2.24. The summed E-state index contributed by atoms with van der Waals surface area (Å²) in [5.74, 6) is 0.904. The highest BCUT2D eigenvalue weighted by Gasteiger charge is 2.17. The number of amides is 1. The summed E-state index contributed by atoms with van der Waals surface area (Å²) in [5, 5.41) is 6.24. The molecule has 0 saturated carbocycles. The van der Waals surface area contributed by atoms with Gasteiger partial charge in [-0.05, 0) is 18.9 Å². The number of hydrogen-bond donors (Lipinski definition) is 3. The Labute approximate surface area is 113 Å². The van der Waals surface area contributed by atoms with Crippen molar-refractivity contribution < 1.29 is 9.53 Å². The molecule has 1 aliphatic heterocycles. The summed E-state index contributed by atoms with van der Waals surface area (Å²) >= 11 is 0. The van der Waals surface area contributed by atoms with Crippen LogP contribution in [0.1, 0.15) is 26.2 Å². The third-order valence-electron chi connectivity index (χ3n) is 3.04. The van der Waals surface area contributed by atoms with Gasteiger partial charge in [0, 0.05) is 42.5 Å². The Morgan fingerprint density at radius 3 is 3.00 bits per heavy atom. The van der Waals surface area contributed by atoms with E-state index >= 15 is 0 Å². The highest BCUT2D eigenvalue weighted by Crippen LogP contribution is 2.24. The predicted molar refractivity (Wildman–Crippen MR) is 76.3 cm³/mol. The quantitative estimate of drug-likeness (QED) is 0.707. The van der Waals surface area contributed by atoms with Gasteiger partial charge in [-0.2, -0.15) is 0 Å². The number of nitrogen functional groups attached to an aromatic ring is 1. The van der Waals surface area contributed by atoms with Crippen molar-refractivity contribution >= 4 is 17.3 Å². The van der Waals surface area contributed by atoms with Crippen LogP contribution in [0.4, 0.5) is 11.4 Å². The van der Waals surface area contributed by atoms with E-state index in [-0.39, 0.29) is 11.9 Å². The molecule has 0 aromatic heterocycles.